The van der Waals surface area contributed by atoms with Crippen LogP contribution in [-0.2, 0) is 0 Å². The highest BCUT2D eigenvalue weighted by molar-refractivity contribution is 6.36. The first-order chi connectivity index (χ1) is 10.1. The van der Waals surface area contributed by atoms with E-state index < -0.39 is 0 Å². The topological polar surface area (TPSA) is 43.8 Å². The normalized spacial score (nSPS) is 17.7. The van der Waals surface area contributed by atoms with E-state index in [0.717, 1.165) is 32.6 Å². The summed E-state index contributed by atoms with van der Waals surface area (Å²) in [5, 5.41) is 9.96. The molecule has 1 saturated heterocycles. The lowest BCUT2D eigenvalue weighted by molar-refractivity contribution is 0.0932. The fraction of sp³-hybridized carbons (Fsp3) is 0.533. The molecule has 1 N–H and O–H groups in total. The molecule has 0 bridgehead atoms. The molecule has 116 valence electrons. The summed E-state index contributed by atoms with van der Waals surface area (Å²) in [7, 11) is 0. The second-order valence-electron chi connectivity index (χ2n) is 5.24. The number of β-amino-alcohol motifs (C(OH)–C–C–N with tert-alkyl or cyclic N) is 1. The molecular formula is C15H20Cl2N2O2. The molecule has 2 rings (SSSR count). The number of carbonyl (C=O) groups is 1. The predicted octanol–water partition coefficient (Wildman–Crippen LogP) is 2.18. The van der Waals surface area contributed by atoms with Crippen molar-refractivity contribution in [2.75, 3.05) is 45.9 Å². The number of rotatable bonds is 5. The smallest absolute Gasteiger partial charge is 0.178 e. The van der Waals surface area contributed by atoms with Crippen molar-refractivity contribution < 1.29 is 9.90 Å². The maximum atomic E-state index is 12.4. The van der Waals surface area contributed by atoms with Gasteiger partial charge in [0.25, 0.3) is 0 Å². The van der Waals surface area contributed by atoms with Crippen molar-refractivity contribution in [1.29, 1.82) is 0 Å². The zero-order valence-corrected chi connectivity index (χ0v) is 13.4. The van der Waals surface area contributed by atoms with Crippen LogP contribution in [0, 0.1) is 0 Å². The minimum Gasteiger partial charge on any atom is -0.395 e. The second-order valence-corrected chi connectivity index (χ2v) is 6.09. The van der Waals surface area contributed by atoms with E-state index >= 15 is 0 Å². The summed E-state index contributed by atoms with van der Waals surface area (Å²) in [5.41, 5.74) is 0.487. The van der Waals surface area contributed by atoms with Gasteiger partial charge in [-0.3, -0.25) is 14.6 Å². The lowest BCUT2D eigenvalue weighted by atomic mass is 10.1. The zero-order valence-electron chi connectivity index (χ0n) is 11.9. The van der Waals surface area contributed by atoms with Crippen molar-refractivity contribution in [2.24, 2.45) is 0 Å². The summed E-state index contributed by atoms with van der Waals surface area (Å²) in [6, 6.07) is 4.96. The number of aliphatic hydroxyl groups is 1. The van der Waals surface area contributed by atoms with Crippen molar-refractivity contribution in [3.05, 3.63) is 33.8 Å². The van der Waals surface area contributed by atoms with Crippen LogP contribution in [0.2, 0.25) is 10.0 Å². The van der Waals surface area contributed by atoms with Gasteiger partial charge in [0.2, 0.25) is 0 Å². The van der Waals surface area contributed by atoms with Gasteiger partial charge in [0, 0.05) is 30.2 Å². The molecule has 6 heteroatoms. The Morgan fingerprint density at radius 1 is 1.14 bits per heavy atom. The van der Waals surface area contributed by atoms with Gasteiger partial charge >= 0.3 is 0 Å². The summed E-state index contributed by atoms with van der Waals surface area (Å²) < 4.78 is 0. The van der Waals surface area contributed by atoms with E-state index in [4.69, 9.17) is 28.3 Å². The van der Waals surface area contributed by atoms with Gasteiger partial charge in [0.15, 0.2) is 5.78 Å². The first-order valence-corrected chi connectivity index (χ1v) is 7.89. The maximum Gasteiger partial charge on any atom is 0.178 e. The Bertz CT molecular complexity index is 497. The third-order valence-corrected chi connectivity index (χ3v) is 4.26. The lowest BCUT2D eigenvalue weighted by Gasteiger charge is -2.20. The Hall–Kier alpha value is -0.650. The van der Waals surface area contributed by atoms with Crippen LogP contribution >= 0.6 is 23.2 Å². The standard InChI is InChI=1S/C15H20Cl2N2O2/c16-12-2-3-14(17)13(10-12)15(21)11-19-5-1-4-18(6-7-19)8-9-20/h2-3,10,20H,1,4-9,11H2. The van der Waals surface area contributed by atoms with Crippen LogP contribution < -0.4 is 0 Å². The number of carbonyl (C=O) groups excluding carboxylic acids is 1. The van der Waals surface area contributed by atoms with Gasteiger partial charge in [-0.15, -0.1) is 0 Å². The van der Waals surface area contributed by atoms with Gasteiger partial charge < -0.3 is 5.11 Å². The van der Waals surface area contributed by atoms with Crippen LogP contribution in [0.4, 0.5) is 0 Å². The maximum absolute atomic E-state index is 12.4. The van der Waals surface area contributed by atoms with Crippen molar-refractivity contribution in [3.8, 4) is 0 Å². The van der Waals surface area contributed by atoms with Gasteiger partial charge in [-0.1, -0.05) is 23.2 Å². The average Bonchev–Trinajstić information content (AvgIpc) is 2.67. The summed E-state index contributed by atoms with van der Waals surface area (Å²) in [5.74, 6) is -0.00175. The highest BCUT2D eigenvalue weighted by atomic mass is 35.5. The molecule has 4 nitrogen and oxygen atoms in total. The summed E-state index contributed by atoms with van der Waals surface area (Å²) in [6.45, 7) is 4.77. The Morgan fingerprint density at radius 2 is 1.86 bits per heavy atom. The van der Waals surface area contributed by atoms with Crippen molar-refractivity contribution in [3.63, 3.8) is 0 Å². The van der Waals surface area contributed by atoms with Crippen LogP contribution in [0.1, 0.15) is 16.8 Å². The molecule has 1 fully saturated rings. The molecule has 1 aliphatic heterocycles. The Kier molecular flexibility index (Phi) is 6.45. The molecule has 1 aliphatic rings. The van der Waals surface area contributed by atoms with E-state index in [9.17, 15) is 4.79 Å². The molecular weight excluding hydrogens is 311 g/mol. The van der Waals surface area contributed by atoms with E-state index in [1.165, 1.54) is 0 Å². The molecule has 0 aliphatic carbocycles. The van der Waals surface area contributed by atoms with Crippen LogP contribution in [0.25, 0.3) is 0 Å². The zero-order chi connectivity index (χ0) is 15.2. The van der Waals surface area contributed by atoms with Crippen molar-refractivity contribution in [1.82, 2.24) is 9.80 Å². The van der Waals surface area contributed by atoms with E-state index in [2.05, 4.69) is 9.80 Å². The van der Waals surface area contributed by atoms with E-state index in [1.54, 1.807) is 18.2 Å². The first-order valence-electron chi connectivity index (χ1n) is 7.14. The van der Waals surface area contributed by atoms with Gasteiger partial charge in [0.05, 0.1) is 18.2 Å². The van der Waals surface area contributed by atoms with Gasteiger partial charge in [-0.2, -0.15) is 0 Å². The molecule has 1 aromatic carbocycles. The summed E-state index contributed by atoms with van der Waals surface area (Å²) >= 11 is 12.0. The molecule has 21 heavy (non-hydrogen) atoms. The molecule has 0 unspecified atom stereocenters. The van der Waals surface area contributed by atoms with Gasteiger partial charge in [-0.25, -0.2) is 0 Å². The van der Waals surface area contributed by atoms with E-state index in [0.29, 0.717) is 28.7 Å². The molecule has 0 spiro atoms. The number of hydrogen-bond donors (Lipinski definition) is 1. The number of halogens is 2. The largest absolute Gasteiger partial charge is 0.395 e. The quantitative estimate of drug-likeness (QED) is 0.840. The third-order valence-electron chi connectivity index (χ3n) is 3.69. The SMILES string of the molecule is O=C(CN1CCCN(CCO)CC1)c1cc(Cl)ccc1Cl. The minimum atomic E-state index is -0.00175. The lowest BCUT2D eigenvalue weighted by Crippen LogP contribution is -2.35. The number of aliphatic hydroxyl groups excluding tert-OH is 1. The summed E-state index contributed by atoms with van der Waals surface area (Å²) in [6.07, 6.45) is 0.997. The monoisotopic (exact) mass is 330 g/mol. The Labute approximate surface area is 135 Å². The number of benzene rings is 1. The molecule has 0 atom stereocenters. The Morgan fingerprint density at radius 3 is 2.62 bits per heavy atom. The molecule has 0 saturated carbocycles. The van der Waals surface area contributed by atoms with Gasteiger partial charge in [0.1, 0.15) is 0 Å². The number of Topliss-reactive ketones (excluding diaryl/α,β-unsaturated/α-hetero) is 1. The average molecular weight is 331 g/mol. The first kappa shape index (κ1) is 16.7. The predicted molar refractivity (Wildman–Crippen MR) is 85.4 cm³/mol. The summed E-state index contributed by atoms with van der Waals surface area (Å²) in [4.78, 5) is 16.7. The molecule has 0 amide bonds. The van der Waals surface area contributed by atoms with Crippen molar-refractivity contribution in [2.45, 2.75) is 6.42 Å². The number of nitrogens with zero attached hydrogens (tertiary/aromatic N) is 2. The molecule has 1 aromatic rings. The highest BCUT2D eigenvalue weighted by Gasteiger charge is 2.19. The van der Waals surface area contributed by atoms with Gasteiger partial charge in [-0.05, 0) is 37.7 Å². The fourth-order valence-electron chi connectivity index (χ4n) is 2.55. The van der Waals surface area contributed by atoms with Crippen LogP contribution in [0.15, 0.2) is 18.2 Å². The van der Waals surface area contributed by atoms with E-state index in [-0.39, 0.29) is 12.4 Å². The fourth-order valence-corrected chi connectivity index (χ4v) is 2.94. The highest BCUT2D eigenvalue weighted by Crippen LogP contribution is 2.21. The van der Waals surface area contributed by atoms with Crippen molar-refractivity contribution >= 4 is 29.0 Å². The van der Waals surface area contributed by atoms with E-state index in [1.807, 2.05) is 0 Å². The van der Waals surface area contributed by atoms with Crippen LogP contribution in [0.5, 0.6) is 0 Å². The molecule has 0 aromatic heterocycles. The number of hydrogen-bond acceptors (Lipinski definition) is 4. The second kappa shape index (κ2) is 8.11. The molecule has 0 radical (unpaired) electrons. The number of ketones is 1. The minimum absolute atomic E-state index is 0.00175. The van der Waals surface area contributed by atoms with Crippen LogP contribution in [0.3, 0.4) is 0 Å². The Balaban J connectivity index is 1.95. The van der Waals surface area contributed by atoms with Crippen LogP contribution in [-0.4, -0.2) is 66.6 Å². The molecule has 1 heterocycles. The third kappa shape index (κ3) is 4.94.